The highest BCUT2D eigenvalue weighted by Gasteiger charge is 2.34. The van der Waals surface area contributed by atoms with Gasteiger partial charge in [-0.25, -0.2) is 0 Å². The lowest BCUT2D eigenvalue weighted by Gasteiger charge is -2.35. The van der Waals surface area contributed by atoms with E-state index in [1.807, 2.05) is 24.3 Å². The third-order valence-electron chi connectivity index (χ3n) is 4.39. The highest BCUT2D eigenvalue weighted by molar-refractivity contribution is 7.85. The molecule has 0 amide bonds. The van der Waals surface area contributed by atoms with Crippen molar-refractivity contribution in [3.05, 3.63) is 24.3 Å². The fourth-order valence-corrected chi connectivity index (χ4v) is 4.75. The van der Waals surface area contributed by atoms with Crippen molar-refractivity contribution in [3.63, 3.8) is 0 Å². The molecule has 3 nitrogen and oxygen atoms in total. The van der Waals surface area contributed by atoms with Crippen molar-refractivity contribution in [2.45, 2.75) is 49.3 Å². The fraction of sp³-hybridized carbons (Fsp3) is 0.625. The van der Waals surface area contributed by atoms with Crippen LogP contribution in [0.3, 0.4) is 0 Å². The highest BCUT2D eigenvalue weighted by Crippen LogP contribution is 2.35. The second-order valence-electron chi connectivity index (χ2n) is 5.97. The molecule has 1 saturated carbocycles. The maximum Gasteiger partial charge on any atom is 0.134 e. The second kappa shape index (κ2) is 6.72. The van der Waals surface area contributed by atoms with E-state index in [0.29, 0.717) is 17.6 Å². The number of ether oxygens (including phenoxy) is 1. The first-order chi connectivity index (χ1) is 9.54. The second-order valence-corrected chi connectivity index (χ2v) is 7.61. The molecule has 2 N–H and O–H groups in total. The Bertz CT molecular complexity index is 475. The van der Waals surface area contributed by atoms with Crippen molar-refractivity contribution < 1.29 is 8.95 Å². The first kappa shape index (κ1) is 15.5. The molecule has 0 saturated heterocycles. The predicted molar refractivity (Wildman–Crippen MR) is 83.3 cm³/mol. The summed E-state index contributed by atoms with van der Waals surface area (Å²) in [7, 11) is 0.520. The Morgan fingerprint density at radius 1 is 1.30 bits per heavy atom. The average molecular weight is 295 g/mol. The molecule has 0 aliphatic heterocycles. The molecular weight excluding hydrogens is 270 g/mol. The molecule has 112 valence electrons. The molecule has 20 heavy (non-hydrogen) atoms. The van der Waals surface area contributed by atoms with Crippen molar-refractivity contribution in [1.29, 1.82) is 0 Å². The lowest BCUT2D eigenvalue weighted by Crippen LogP contribution is -2.43. The van der Waals surface area contributed by atoms with Crippen LogP contribution in [0.15, 0.2) is 29.2 Å². The normalized spacial score (nSPS) is 28.4. The van der Waals surface area contributed by atoms with E-state index < -0.39 is 10.8 Å². The summed E-state index contributed by atoms with van der Waals surface area (Å²) in [6, 6.07) is 7.58. The van der Waals surface area contributed by atoms with E-state index in [0.717, 1.165) is 24.2 Å². The molecule has 1 aliphatic carbocycles. The maximum absolute atomic E-state index is 12.9. The Balaban J connectivity index is 2.22. The van der Waals surface area contributed by atoms with Crippen molar-refractivity contribution in [3.8, 4) is 5.75 Å². The SMILES string of the molecule is COc1ccccc1S(=O)C1CC(C(C)C)CCC1N. The largest absolute Gasteiger partial charge is 0.495 e. The summed E-state index contributed by atoms with van der Waals surface area (Å²) in [6.45, 7) is 4.48. The number of benzene rings is 1. The van der Waals surface area contributed by atoms with Crippen LogP contribution in [0.1, 0.15) is 33.1 Å². The van der Waals surface area contributed by atoms with Crippen LogP contribution in [0, 0.1) is 11.8 Å². The molecule has 0 aromatic heterocycles. The molecule has 4 heteroatoms. The number of nitrogens with two attached hydrogens (primary N) is 1. The number of para-hydroxylation sites is 1. The summed E-state index contributed by atoms with van der Waals surface area (Å²) < 4.78 is 18.2. The van der Waals surface area contributed by atoms with Crippen LogP contribution >= 0.6 is 0 Å². The van der Waals surface area contributed by atoms with Gasteiger partial charge in [-0.15, -0.1) is 0 Å². The minimum atomic E-state index is -1.10. The minimum absolute atomic E-state index is 0.0238. The van der Waals surface area contributed by atoms with Gasteiger partial charge < -0.3 is 10.5 Å². The number of rotatable bonds is 4. The lowest BCUT2D eigenvalue weighted by atomic mass is 9.79. The van der Waals surface area contributed by atoms with Gasteiger partial charge >= 0.3 is 0 Å². The molecule has 1 aliphatic rings. The van der Waals surface area contributed by atoms with Crippen LogP contribution in [0.25, 0.3) is 0 Å². The van der Waals surface area contributed by atoms with Crippen LogP contribution in [0.4, 0.5) is 0 Å². The molecule has 1 fully saturated rings. The van der Waals surface area contributed by atoms with Crippen molar-refractivity contribution in [2.24, 2.45) is 17.6 Å². The Morgan fingerprint density at radius 2 is 2.00 bits per heavy atom. The predicted octanol–water partition coefficient (Wildman–Crippen LogP) is 2.95. The number of methoxy groups -OCH3 is 1. The fourth-order valence-electron chi connectivity index (χ4n) is 2.98. The van der Waals surface area contributed by atoms with Crippen LogP contribution in [0.2, 0.25) is 0 Å². The van der Waals surface area contributed by atoms with Gasteiger partial charge in [0, 0.05) is 6.04 Å². The van der Waals surface area contributed by atoms with E-state index in [2.05, 4.69) is 13.8 Å². The Hall–Kier alpha value is -0.870. The van der Waals surface area contributed by atoms with E-state index in [4.69, 9.17) is 10.5 Å². The smallest absolute Gasteiger partial charge is 0.134 e. The van der Waals surface area contributed by atoms with E-state index in [1.54, 1.807) is 7.11 Å². The summed E-state index contributed by atoms with van der Waals surface area (Å²) >= 11 is 0. The summed E-state index contributed by atoms with van der Waals surface area (Å²) in [5.41, 5.74) is 6.24. The van der Waals surface area contributed by atoms with Gasteiger partial charge in [-0.05, 0) is 43.2 Å². The Morgan fingerprint density at radius 3 is 2.65 bits per heavy atom. The van der Waals surface area contributed by atoms with Gasteiger partial charge in [0.25, 0.3) is 0 Å². The van der Waals surface area contributed by atoms with Crippen LogP contribution in [-0.2, 0) is 10.8 Å². The van der Waals surface area contributed by atoms with E-state index in [-0.39, 0.29) is 11.3 Å². The quantitative estimate of drug-likeness (QED) is 0.929. The number of hydrogen-bond acceptors (Lipinski definition) is 3. The van der Waals surface area contributed by atoms with E-state index in [9.17, 15) is 4.21 Å². The zero-order chi connectivity index (χ0) is 14.7. The average Bonchev–Trinajstić information content (AvgIpc) is 2.46. The van der Waals surface area contributed by atoms with Gasteiger partial charge in [0.15, 0.2) is 0 Å². The van der Waals surface area contributed by atoms with Gasteiger partial charge in [0.2, 0.25) is 0 Å². The zero-order valence-electron chi connectivity index (χ0n) is 12.5. The first-order valence-electron chi connectivity index (χ1n) is 7.33. The van der Waals surface area contributed by atoms with Crippen molar-refractivity contribution in [2.75, 3.05) is 7.11 Å². The Labute approximate surface area is 124 Å². The molecular formula is C16H25NO2S. The summed E-state index contributed by atoms with van der Waals surface area (Å²) in [5, 5.41) is 0.0347. The molecule has 1 aromatic rings. The first-order valence-corrected chi connectivity index (χ1v) is 8.55. The zero-order valence-corrected chi connectivity index (χ0v) is 13.4. The molecule has 1 aromatic carbocycles. The minimum Gasteiger partial charge on any atom is -0.495 e. The molecule has 0 heterocycles. The molecule has 4 atom stereocenters. The van der Waals surface area contributed by atoms with Gasteiger partial charge in [-0.2, -0.15) is 0 Å². The lowest BCUT2D eigenvalue weighted by molar-refractivity contribution is 0.263. The van der Waals surface area contributed by atoms with E-state index >= 15 is 0 Å². The third-order valence-corrected chi connectivity index (χ3v) is 6.25. The monoisotopic (exact) mass is 295 g/mol. The topological polar surface area (TPSA) is 52.3 Å². The van der Waals surface area contributed by atoms with Gasteiger partial charge in [-0.3, -0.25) is 4.21 Å². The summed E-state index contributed by atoms with van der Waals surface area (Å²) in [6.07, 6.45) is 3.07. The molecule has 0 spiro atoms. The van der Waals surface area contributed by atoms with Gasteiger partial charge in [0.1, 0.15) is 5.75 Å². The molecule has 2 rings (SSSR count). The molecule has 4 unspecified atom stereocenters. The highest BCUT2D eigenvalue weighted by atomic mass is 32.2. The van der Waals surface area contributed by atoms with Gasteiger partial charge in [-0.1, -0.05) is 26.0 Å². The van der Waals surface area contributed by atoms with Crippen molar-refractivity contribution >= 4 is 10.8 Å². The van der Waals surface area contributed by atoms with Crippen LogP contribution < -0.4 is 10.5 Å². The van der Waals surface area contributed by atoms with Gasteiger partial charge in [0.05, 0.1) is 28.1 Å². The third kappa shape index (κ3) is 3.23. The van der Waals surface area contributed by atoms with Crippen molar-refractivity contribution in [1.82, 2.24) is 0 Å². The maximum atomic E-state index is 12.9. The Kier molecular flexibility index (Phi) is 5.22. The standard InChI is InChI=1S/C16H25NO2S/c1-11(2)12-8-9-13(17)16(10-12)20(18)15-7-5-4-6-14(15)19-3/h4-7,11-13,16H,8-10,17H2,1-3H3. The molecule has 0 bridgehead atoms. The van der Waals surface area contributed by atoms with Crippen LogP contribution in [-0.4, -0.2) is 22.6 Å². The summed E-state index contributed by atoms with van der Waals surface area (Å²) in [4.78, 5) is 0.778. The number of hydrogen-bond donors (Lipinski definition) is 1. The van der Waals surface area contributed by atoms with E-state index in [1.165, 1.54) is 0 Å². The molecule has 0 radical (unpaired) electrons. The van der Waals surface area contributed by atoms with Crippen LogP contribution in [0.5, 0.6) is 5.75 Å². The summed E-state index contributed by atoms with van der Waals surface area (Å²) in [5.74, 6) is 1.95.